The molecule has 7 heteroatoms. The zero-order chi connectivity index (χ0) is 21.4. The molecule has 1 N–H and O–H groups in total. The molecule has 2 amide bonds. The maximum Gasteiger partial charge on any atom is 0.242 e. The minimum Gasteiger partial charge on any atom is -0.493 e. The number of carbonyl (C=O) groups excluding carboxylic acids is 2. The Bertz CT molecular complexity index is 839. The summed E-state index contributed by atoms with van der Waals surface area (Å²) in [6.07, 6.45) is 0.793. The fraction of sp³-hybridized carbons (Fsp3) is 0.364. The second kappa shape index (κ2) is 10.7. The highest BCUT2D eigenvalue weighted by molar-refractivity contribution is 6.30. The number of rotatable bonds is 9. The van der Waals surface area contributed by atoms with E-state index in [1.54, 1.807) is 45.2 Å². The summed E-state index contributed by atoms with van der Waals surface area (Å²) >= 11 is 5.95. The number of hydrogen-bond acceptors (Lipinski definition) is 4. The number of amides is 2. The lowest BCUT2D eigenvalue weighted by Crippen LogP contribution is -2.46. The van der Waals surface area contributed by atoms with Gasteiger partial charge in [-0.2, -0.15) is 0 Å². The first-order valence-corrected chi connectivity index (χ1v) is 9.73. The van der Waals surface area contributed by atoms with Crippen molar-refractivity contribution in [1.82, 2.24) is 10.2 Å². The van der Waals surface area contributed by atoms with Crippen LogP contribution in [-0.4, -0.2) is 44.0 Å². The van der Waals surface area contributed by atoms with Crippen molar-refractivity contribution in [2.75, 3.05) is 21.3 Å². The molecule has 1 atom stereocenters. The second-order valence-electron chi connectivity index (χ2n) is 6.63. The maximum absolute atomic E-state index is 13.0. The standard InChI is InChI=1S/C22H27ClN2O4/c1-15(22(27)24-2)25(14-17-5-9-18(23)10-6-17)21(26)12-8-16-7-11-19(28-3)20(13-16)29-4/h5-7,9-11,13,15H,8,12,14H2,1-4H3,(H,24,27)/t15-/m0/s1. The Labute approximate surface area is 176 Å². The Morgan fingerprint density at radius 1 is 1.03 bits per heavy atom. The summed E-state index contributed by atoms with van der Waals surface area (Å²) in [7, 11) is 4.72. The van der Waals surface area contributed by atoms with Crippen LogP contribution in [0.25, 0.3) is 0 Å². The van der Waals surface area contributed by atoms with Gasteiger partial charge in [0.05, 0.1) is 14.2 Å². The Balaban J connectivity index is 2.14. The van der Waals surface area contributed by atoms with E-state index in [0.29, 0.717) is 29.5 Å². The second-order valence-corrected chi connectivity index (χ2v) is 7.06. The summed E-state index contributed by atoms with van der Waals surface area (Å²) in [4.78, 5) is 26.8. The molecule has 0 saturated heterocycles. The lowest BCUT2D eigenvalue weighted by molar-refractivity contribution is -0.140. The third-order valence-corrected chi connectivity index (χ3v) is 5.01. The van der Waals surface area contributed by atoms with Crippen molar-refractivity contribution in [3.05, 3.63) is 58.6 Å². The van der Waals surface area contributed by atoms with Crippen molar-refractivity contribution in [2.45, 2.75) is 32.4 Å². The molecule has 2 aromatic rings. The lowest BCUT2D eigenvalue weighted by atomic mass is 10.1. The number of nitrogens with zero attached hydrogens (tertiary/aromatic N) is 1. The average Bonchev–Trinajstić information content (AvgIpc) is 2.75. The summed E-state index contributed by atoms with van der Waals surface area (Å²) in [6.45, 7) is 2.06. The average molecular weight is 419 g/mol. The van der Waals surface area contributed by atoms with Crippen molar-refractivity contribution in [3.8, 4) is 11.5 Å². The van der Waals surface area contributed by atoms with Crippen LogP contribution in [0.5, 0.6) is 11.5 Å². The number of hydrogen-bond donors (Lipinski definition) is 1. The molecule has 0 unspecified atom stereocenters. The van der Waals surface area contributed by atoms with Crippen LogP contribution in [0.1, 0.15) is 24.5 Å². The van der Waals surface area contributed by atoms with Crippen molar-refractivity contribution >= 4 is 23.4 Å². The number of halogens is 1. The normalized spacial score (nSPS) is 11.5. The quantitative estimate of drug-likeness (QED) is 0.677. The number of nitrogens with one attached hydrogen (secondary N) is 1. The van der Waals surface area contributed by atoms with E-state index >= 15 is 0 Å². The molecule has 2 rings (SSSR count). The largest absolute Gasteiger partial charge is 0.493 e. The van der Waals surface area contributed by atoms with Crippen LogP contribution in [-0.2, 0) is 22.6 Å². The molecule has 0 aliphatic heterocycles. The zero-order valence-electron chi connectivity index (χ0n) is 17.2. The third kappa shape index (κ3) is 6.12. The number of benzene rings is 2. The highest BCUT2D eigenvalue weighted by atomic mass is 35.5. The van der Waals surface area contributed by atoms with Crippen LogP contribution >= 0.6 is 11.6 Å². The summed E-state index contributed by atoms with van der Waals surface area (Å²) < 4.78 is 10.6. The molecule has 0 aliphatic carbocycles. The van der Waals surface area contributed by atoms with E-state index in [2.05, 4.69) is 5.32 Å². The van der Waals surface area contributed by atoms with Crippen LogP contribution in [0.3, 0.4) is 0 Å². The Hall–Kier alpha value is -2.73. The number of carbonyl (C=O) groups is 2. The van der Waals surface area contributed by atoms with Crippen molar-refractivity contribution in [1.29, 1.82) is 0 Å². The fourth-order valence-electron chi connectivity index (χ4n) is 3.01. The first-order chi connectivity index (χ1) is 13.9. The number of methoxy groups -OCH3 is 2. The van der Waals surface area contributed by atoms with E-state index in [1.807, 2.05) is 30.3 Å². The highest BCUT2D eigenvalue weighted by Crippen LogP contribution is 2.28. The molecule has 0 saturated carbocycles. The van der Waals surface area contributed by atoms with Gasteiger partial charge in [0.1, 0.15) is 6.04 Å². The predicted octanol–water partition coefficient (Wildman–Crippen LogP) is 3.45. The smallest absolute Gasteiger partial charge is 0.242 e. The van der Waals surface area contributed by atoms with Crippen LogP contribution in [0.4, 0.5) is 0 Å². The van der Waals surface area contributed by atoms with Gasteiger partial charge in [0.15, 0.2) is 11.5 Å². The van der Waals surface area contributed by atoms with E-state index in [1.165, 1.54) is 0 Å². The Kier molecular flexibility index (Phi) is 8.34. The Morgan fingerprint density at radius 2 is 1.66 bits per heavy atom. The van der Waals surface area contributed by atoms with Gasteiger partial charge in [-0.25, -0.2) is 0 Å². The zero-order valence-corrected chi connectivity index (χ0v) is 18.0. The molecule has 29 heavy (non-hydrogen) atoms. The molecular formula is C22H27ClN2O4. The van der Waals surface area contributed by atoms with E-state index < -0.39 is 6.04 Å². The van der Waals surface area contributed by atoms with E-state index in [9.17, 15) is 9.59 Å². The van der Waals surface area contributed by atoms with Gasteiger partial charge in [-0.1, -0.05) is 29.8 Å². The lowest BCUT2D eigenvalue weighted by Gasteiger charge is -2.28. The van der Waals surface area contributed by atoms with E-state index in [0.717, 1.165) is 11.1 Å². The van der Waals surface area contributed by atoms with Gasteiger partial charge in [-0.3, -0.25) is 9.59 Å². The topological polar surface area (TPSA) is 67.9 Å². The molecule has 0 bridgehead atoms. The molecule has 2 aromatic carbocycles. The first-order valence-electron chi connectivity index (χ1n) is 9.36. The predicted molar refractivity (Wildman–Crippen MR) is 113 cm³/mol. The first kappa shape index (κ1) is 22.6. The SMILES string of the molecule is CNC(=O)[C@H](C)N(Cc1ccc(Cl)cc1)C(=O)CCc1ccc(OC)c(OC)c1. The van der Waals surface area contributed by atoms with Crippen molar-refractivity contribution in [3.63, 3.8) is 0 Å². The fourth-order valence-corrected chi connectivity index (χ4v) is 3.14. The molecule has 0 heterocycles. The monoisotopic (exact) mass is 418 g/mol. The van der Waals surface area contributed by atoms with Gasteiger partial charge in [0, 0.05) is 25.0 Å². The molecule has 0 aliphatic rings. The van der Waals surface area contributed by atoms with Gasteiger partial charge in [-0.05, 0) is 48.7 Å². The van der Waals surface area contributed by atoms with Gasteiger partial charge >= 0.3 is 0 Å². The van der Waals surface area contributed by atoms with Gasteiger partial charge < -0.3 is 19.7 Å². The van der Waals surface area contributed by atoms with E-state index in [4.69, 9.17) is 21.1 Å². The molecule has 6 nitrogen and oxygen atoms in total. The number of aryl methyl sites for hydroxylation is 1. The highest BCUT2D eigenvalue weighted by Gasteiger charge is 2.25. The minimum absolute atomic E-state index is 0.106. The third-order valence-electron chi connectivity index (χ3n) is 4.76. The molecule has 156 valence electrons. The van der Waals surface area contributed by atoms with Crippen LogP contribution < -0.4 is 14.8 Å². The summed E-state index contributed by atoms with van der Waals surface area (Å²) in [5, 5.41) is 3.24. The Morgan fingerprint density at radius 3 is 2.24 bits per heavy atom. The maximum atomic E-state index is 13.0. The van der Waals surface area contributed by atoms with Gasteiger partial charge in [0.2, 0.25) is 11.8 Å². The molecule has 0 spiro atoms. The van der Waals surface area contributed by atoms with Gasteiger partial charge in [0.25, 0.3) is 0 Å². The van der Waals surface area contributed by atoms with E-state index in [-0.39, 0.29) is 18.2 Å². The summed E-state index contributed by atoms with van der Waals surface area (Å²) in [5.74, 6) is 0.943. The molecule has 0 radical (unpaired) electrons. The van der Waals surface area contributed by atoms with Crippen LogP contribution in [0.2, 0.25) is 5.02 Å². The molecular weight excluding hydrogens is 392 g/mol. The van der Waals surface area contributed by atoms with Crippen molar-refractivity contribution < 1.29 is 19.1 Å². The van der Waals surface area contributed by atoms with Crippen molar-refractivity contribution in [2.24, 2.45) is 0 Å². The van der Waals surface area contributed by atoms with Crippen LogP contribution in [0, 0.1) is 0 Å². The molecule has 0 fully saturated rings. The van der Waals surface area contributed by atoms with Gasteiger partial charge in [-0.15, -0.1) is 0 Å². The number of ether oxygens (including phenoxy) is 2. The molecule has 0 aromatic heterocycles. The summed E-state index contributed by atoms with van der Waals surface area (Å²) in [5.41, 5.74) is 1.86. The summed E-state index contributed by atoms with van der Waals surface area (Å²) in [6, 6.07) is 12.2. The minimum atomic E-state index is -0.589. The van der Waals surface area contributed by atoms with Crippen LogP contribution in [0.15, 0.2) is 42.5 Å². The number of likely N-dealkylation sites (N-methyl/N-ethyl adjacent to an activating group) is 1.